The van der Waals surface area contributed by atoms with Crippen molar-refractivity contribution >= 4 is 51.5 Å². The number of carbonyl (C=O) groups is 2. The summed E-state index contributed by atoms with van der Waals surface area (Å²) in [6.07, 6.45) is 0.0959. The Morgan fingerprint density at radius 3 is 2.41 bits per heavy atom. The maximum absolute atomic E-state index is 13.0. The number of hydrogen-bond acceptors (Lipinski definition) is 4. The van der Waals surface area contributed by atoms with Gasteiger partial charge in [0, 0.05) is 28.0 Å². The van der Waals surface area contributed by atoms with Crippen LogP contribution < -0.4 is 4.90 Å². The summed E-state index contributed by atoms with van der Waals surface area (Å²) in [7, 11) is 1.61. The number of amides is 1. The van der Waals surface area contributed by atoms with E-state index in [1.807, 2.05) is 35.7 Å². The summed E-state index contributed by atoms with van der Waals surface area (Å²) < 4.78 is 0. The first-order chi connectivity index (χ1) is 13.8. The number of thiazole rings is 1. The van der Waals surface area contributed by atoms with Crippen molar-refractivity contribution in [2.24, 2.45) is 5.92 Å². The van der Waals surface area contributed by atoms with Gasteiger partial charge in [-0.15, -0.1) is 11.3 Å². The van der Waals surface area contributed by atoms with Crippen LogP contribution in [0.25, 0.3) is 11.3 Å². The first-order valence-corrected chi connectivity index (χ1v) is 10.4. The van der Waals surface area contributed by atoms with Crippen LogP contribution in [0.4, 0.5) is 5.13 Å². The van der Waals surface area contributed by atoms with Gasteiger partial charge in [-0.05, 0) is 30.2 Å². The molecular formula is C21H18Cl2N2O3S. The normalized spacial score (nSPS) is 11.8. The number of hydrogen-bond donors (Lipinski definition) is 1. The van der Waals surface area contributed by atoms with E-state index in [9.17, 15) is 14.7 Å². The second-order valence-electron chi connectivity index (χ2n) is 6.56. The summed E-state index contributed by atoms with van der Waals surface area (Å²) in [4.78, 5) is 30.3. The number of aliphatic carboxylic acids is 1. The summed E-state index contributed by atoms with van der Waals surface area (Å²) >= 11 is 13.4. The zero-order valence-corrected chi connectivity index (χ0v) is 17.8. The highest BCUT2D eigenvalue weighted by molar-refractivity contribution is 7.14. The van der Waals surface area contributed by atoms with Crippen molar-refractivity contribution in [3.8, 4) is 11.3 Å². The summed E-state index contributed by atoms with van der Waals surface area (Å²) in [6.45, 7) is 0. The molecule has 8 heteroatoms. The van der Waals surface area contributed by atoms with Gasteiger partial charge < -0.3 is 5.11 Å². The van der Waals surface area contributed by atoms with E-state index in [0.29, 0.717) is 27.3 Å². The molecule has 0 fully saturated rings. The number of halogens is 2. The molecule has 5 nitrogen and oxygen atoms in total. The fourth-order valence-corrected chi connectivity index (χ4v) is 4.31. The largest absolute Gasteiger partial charge is 0.481 e. The molecule has 0 unspecified atom stereocenters. The van der Waals surface area contributed by atoms with Gasteiger partial charge in [-0.25, -0.2) is 4.98 Å². The van der Waals surface area contributed by atoms with E-state index in [2.05, 4.69) is 4.98 Å². The lowest BCUT2D eigenvalue weighted by Crippen LogP contribution is -2.35. The summed E-state index contributed by atoms with van der Waals surface area (Å²) in [5, 5.41) is 12.5. The lowest BCUT2D eigenvalue weighted by atomic mass is 9.95. The van der Waals surface area contributed by atoms with Crippen molar-refractivity contribution in [2.45, 2.75) is 12.8 Å². The number of carboxylic acids is 1. The molecule has 0 bridgehead atoms. The average molecular weight is 449 g/mol. The first-order valence-electron chi connectivity index (χ1n) is 8.78. The number of carboxylic acid groups (broad SMARTS) is 1. The predicted molar refractivity (Wildman–Crippen MR) is 117 cm³/mol. The SMILES string of the molecule is CN(C(=O)[C@@H](CC(=O)O)Cc1ccccc1)c1nc(-c2cc(Cl)cc(Cl)c2)cs1. The zero-order valence-electron chi connectivity index (χ0n) is 15.5. The standard InChI is InChI=1S/C21H18Cl2N2O3S/c1-25(20(28)15(10-19(26)27)7-13-5-3-2-4-6-13)21-24-18(12-29-21)14-8-16(22)11-17(23)9-14/h2-6,8-9,11-12,15H,7,10H2,1H3,(H,26,27)/t15-/m1/s1. The lowest BCUT2D eigenvalue weighted by Gasteiger charge is -2.21. The Bertz CT molecular complexity index is 1000. The van der Waals surface area contributed by atoms with E-state index in [1.54, 1.807) is 25.2 Å². The lowest BCUT2D eigenvalue weighted by molar-refractivity contribution is -0.140. The van der Waals surface area contributed by atoms with Crippen molar-refractivity contribution in [2.75, 3.05) is 11.9 Å². The molecule has 0 spiro atoms. The molecule has 0 aliphatic carbocycles. The Balaban J connectivity index is 1.81. The molecule has 0 saturated carbocycles. The number of anilines is 1. The van der Waals surface area contributed by atoms with Crippen LogP contribution in [-0.4, -0.2) is 29.0 Å². The third kappa shape index (κ3) is 5.56. The van der Waals surface area contributed by atoms with Gasteiger partial charge in [-0.2, -0.15) is 0 Å². The van der Waals surface area contributed by atoms with Gasteiger partial charge in [-0.1, -0.05) is 53.5 Å². The minimum absolute atomic E-state index is 0.250. The van der Waals surface area contributed by atoms with E-state index in [1.165, 1.54) is 16.2 Å². The quantitative estimate of drug-likeness (QED) is 0.524. The van der Waals surface area contributed by atoms with Crippen molar-refractivity contribution in [1.29, 1.82) is 0 Å². The molecule has 3 rings (SSSR count). The zero-order chi connectivity index (χ0) is 21.0. The van der Waals surface area contributed by atoms with Crippen LogP contribution in [0.5, 0.6) is 0 Å². The fraction of sp³-hybridized carbons (Fsp3) is 0.190. The number of aromatic nitrogens is 1. The van der Waals surface area contributed by atoms with Crippen molar-refractivity contribution in [3.05, 3.63) is 69.5 Å². The van der Waals surface area contributed by atoms with Crippen molar-refractivity contribution in [1.82, 2.24) is 4.98 Å². The molecule has 0 saturated heterocycles. The molecular weight excluding hydrogens is 431 g/mol. The van der Waals surface area contributed by atoms with Gasteiger partial charge >= 0.3 is 5.97 Å². The molecule has 29 heavy (non-hydrogen) atoms. The van der Waals surface area contributed by atoms with Crippen LogP contribution in [0.15, 0.2) is 53.9 Å². The Morgan fingerprint density at radius 1 is 1.14 bits per heavy atom. The maximum Gasteiger partial charge on any atom is 0.304 e. The van der Waals surface area contributed by atoms with Gasteiger partial charge in [0.2, 0.25) is 5.91 Å². The van der Waals surface area contributed by atoms with Crippen molar-refractivity contribution < 1.29 is 14.7 Å². The van der Waals surface area contributed by atoms with Gasteiger partial charge in [-0.3, -0.25) is 14.5 Å². The van der Waals surface area contributed by atoms with Gasteiger partial charge in [0.25, 0.3) is 0 Å². The topological polar surface area (TPSA) is 70.5 Å². The summed E-state index contributed by atoms with van der Waals surface area (Å²) in [6, 6.07) is 14.5. The van der Waals surface area contributed by atoms with E-state index >= 15 is 0 Å². The maximum atomic E-state index is 13.0. The first kappa shape index (κ1) is 21.3. The van der Waals surface area contributed by atoms with Crippen molar-refractivity contribution in [3.63, 3.8) is 0 Å². The molecule has 1 aromatic heterocycles. The highest BCUT2D eigenvalue weighted by Crippen LogP contribution is 2.31. The molecule has 1 heterocycles. The Morgan fingerprint density at radius 2 is 1.79 bits per heavy atom. The van der Waals surface area contributed by atoms with Crippen LogP contribution >= 0.6 is 34.5 Å². The highest BCUT2D eigenvalue weighted by Gasteiger charge is 2.27. The number of benzene rings is 2. The monoisotopic (exact) mass is 448 g/mol. The molecule has 3 aromatic rings. The molecule has 2 aromatic carbocycles. The number of rotatable bonds is 7. The second-order valence-corrected chi connectivity index (χ2v) is 8.26. The summed E-state index contributed by atoms with van der Waals surface area (Å²) in [5.41, 5.74) is 2.30. The van der Waals surface area contributed by atoms with Crippen LogP contribution in [-0.2, 0) is 16.0 Å². The average Bonchev–Trinajstić information content (AvgIpc) is 3.16. The molecule has 0 aliphatic rings. The smallest absolute Gasteiger partial charge is 0.304 e. The van der Waals surface area contributed by atoms with Gasteiger partial charge in [0.05, 0.1) is 18.0 Å². The van der Waals surface area contributed by atoms with Crippen LogP contribution in [0.1, 0.15) is 12.0 Å². The highest BCUT2D eigenvalue weighted by atomic mass is 35.5. The fourth-order valence-electron chi connectivity index (χ4n) is 2.98. The third-order valence-corrected chi connectivity index (χ3v) is 5.72. The Kier molecular flexibility index (Phi) is 6.90. The number of carbonyl (C=O) groups excluding carboxylic acids is 1. The Hall–Kier alpha value is -2.41. The van der Waals surface area contributed by atoms with E-state index < -0.39 is 11.9 Å². The second kappa shape index (κ2) is 9.39. The molecule has 1 amide bonds. The molecule has 150 valence electrons. The van der Waals surface area contributed by atoms with Crippen LogP contribution in [0.2, 0.25) is 10.0 Å². The summed E-state index contributed by atoms with van der Waals surface area (Å²) in [5.74, 6) is -1.99. The van der Waals surface area contributed by atoms with Crippen LogP contribution in [0, 0.1) is 5.92 Å². The van der Waals surface area contributed by atoms with Gasteiger partial charge in [0.1, 0.15) is 0 Å². The molecule has 1 atom stereocenters. The van der Waals surface area contributed by atoms with Gasteiger partial charge in [0.15, 0.2) is 5.13 Å². The molecule has 0 aliphatic heterocycles. The van der Waals surface area contributed by atoms with E-state index in [4.69, 9.17) is 23.2 Å². The number of nitrogens with zero attached hydrogens (tertiary/aromatic N) is 2. The molecule has 1 N–H and O–H groups in total. The minimum Gasteiger partial charge on any atom is -0.481 e. The Labute approximate surface area is 182 Å². The van der Waals surface area contributed by atoms with E-state index in [-0.39, 0.29) is 12.3 Å². The van der Waals surface area contributed by atoms with Crippen LogP contribution in [0.3, 0.4) is 0 Å². The minimum atomic E-state index is -1.01. The predicted octanol–water partition coefficient (Wildman–Crippen LogP) is 5.41. The van der Waals surface area contributed by atoms with E-state index in [0.717, 1.165) is 11.1 Å². The third-order valence-electron chi connectivity index (χ3n) is 4.36. The molecule has 0 radical (unpaired) electrons.